The van der Waals surface area contributed by atoms with Crippen molar-refractivity contribution in [3.63, 3.8) is 0 Å². The molecule has 0 saturated heterocycles. The minimum Gasteiger partial charge on any atom is -0.360 e. The fraction of sp³-hybridized carbons (Fsp3) is 0.200. The first-order valence-corrected chi connectivity index (χ1v) is 8.32. The zero-order valence-corrected chi connectivity index (χ0v) is 14.5. The van der Waals surface area contributed by atoms with Crippen LogP contribution in [0.1, 0.15) is 29.9 Å². The smallest absolute Gasteiger partial charge is 0.156 e. The third kappa shape index (κ3) is 2.78. The minimum atomic E-state index is 0.00344. The van der Waals surface area contributed by atoms with Crippen LogP contribution >= 0.6 is 0 Å². The fourth-order valence-electron chi connectivity index (χ4n) is 3.25. The summed E-state index contributed by atoms with van der Waals surface area (Å²) in [6, 6.07) is 12.3. The topological polar surface area (TPSA) is 63.6 Å². The van der Waals surface area contributed by atoms with E-state index in [4.69, 9.17) is 4.98 Å². The molecule has 0 unspecified atom stereocenters. The van der Waals surface area contributed by atoms with E-state index in [0.29, 0.717) is 0 Å². The van der Waals surface area contributed by atoms with Crippen molar-refractivity contribution in [1.82, 2.24) is 19.9 Å². The van der Waals surface area contributed by atoms with E-state index in [1.54, 1.807) is 12.5 Å². The summed E-state index contributed by atoms with van der Waals surface area (Å²) in [7, 11) is 0. The van der Waals surface area contributed by atoms with E-state index in [2.05, 4.69) is 65.3 Å². The molecule has 25 heavy (non-hydrogen) atoms. The van der Waals surface area contributed by atoms with Crippen LogP contribution in [0.4, 0.5) is 5.82 Å². The Bertz CT molecular complexity index is 1070. The van der Waals surface area contributed by atoms with Crippen LogP contribution in [0.15, 0.2) is 48.9 Å². The van der Waals surface area contributed by atoms with E-state index < -0.39 is 0 Å². The first-order valence-electron chi connectivity index (χ1n) is 8.32. The van der Waals surface area contributed by atoms with Gasteiger partial charge in [0.2, 0.25) is 0 Å². The molecule has 0 fully saturated rings. The van der Waals surface area contributed by atoms with Gasteiger partial charge in [-0.15, -0.1) is 0 Å². The Morgan fingerprint density at radius 2 is 1.88 bits per heavy atom. The van der Waals surface area contributed by atoms with Crippen LogP contribution < -0.4 is 5.32 Å². The van der Waals surface area contributed by atoms with Crippen LogP contribution in [0.2, 0.25) is 0 Å². The summed E-state index contributed by atoms with van der Waals surface area (Å²) in [5.74, 6) is 0.724. The second-order valence-corrected chi connectivity index (χ2v) is 6.26. The molecule has 0 aliphatic heterocycles. The lowest BCUT2D eigenvalue weighted by Gasteiger charge is -2.17. The average Bonchev–Trinajstić information content (AvgIpc) is 2.62. The highest BCUT2D eigenvalue weighted by molar-refractivity contribution is 5.88. The van der Waals surface area contributed by atoms with Crippen molar-refractivity contribution in [3.8, 4) is 0 Å². The Kier molecular flexibility index (Phi) is 3.76. The van der Waals surface area contributed by atoms with Gasteiger partial charge in [0.1, 0.15) is 11.8 Å². The molecular formula is C20H19N5. The van der Waals surface area contributed by atoms with Gasteiger partial charge in [-0.3, -0.25) is 9.97 Å². The molecule has 4 rings (SSSR count). The quantitative estimate of drug-likeness (QED) is 0.605. The van der Waals surface area contributed by atoms with E-state index in [0.717, 1.165) is 28.2 Å². The zero-order chi connectivity index (χ0) is 17.4. The number of benzene rings is 1. The maximum absolute atomic E-state index is 4.81. The number of hydrogen-bond donors (Lipinski definition) is 1. The maximum Gasteiger partial charge on any atom is 0.156 e. The molecule has 124 valence electrons. The summed E-state index contributed by atoms with van der Waals surface area (Å²) in [6.45, 7) is 6.27. The Morgan fingerprint density at radius 1 is 1.00 bits per heavy atom. The third-order valence-corrected chi connectivity index (χ3v) is 4.46. The number of hydrogen-bond acceptors (Lipinski definition) is 5. The SMILES string of the molecule is Cc1cccc2cc([C@H](C)Nc3ncnc4cccnc34)nc(C)c12. The van der Waals surface area contributed by atoms with Crippen molar-refractivity contribution in [2.24, 2.45) is 0 Å². The lowest BCUT2D eigenvalue weighted by molar-refractivity contribution is 0.829. The number of pyridine rings is 2. The van der Waals surface area contributed by atoms with Gasteiger partial charge in [-0.2, -0.15) is 0 Å². The second kappa shape index (κ2) is 6.09. The molecule has 1 atom stereocenters. The number of rotatable bonds is 3. The Hall–Kier alpha value is -3.08. The molecule has 0 radical (unpaired) electrons. The Balaban J connectivity index is 1.74. The Labute approximate surface area is 146 Å². The normalized spacial score (nSPS) is 12.4. The first-order chi connectivity index (χ1) is 12.1. The van der Waals surface area contributed by atoms with Crippen LogP contribution in [0.25, 0.3) is 21.8 Å². The molecule has 5 nitrogen and oxygen atoms in total. The summed E-state index contributed by atoms with van der Waals surface area (Å²) in [5, 5.41) is 5.87. The third-order valence-electron chi connectivity index (χ3n) is 4.46. The molecule has 0 aliphatic rings. The van der Waals surface area contributed by atoms with E-state index >= 15 is 0 Å². The number of nitrogens with one attached hydrogen (secondary N) is 1. The minimum absolute atomic E-state index is 0.00344. The highest BCUT2D eigenvalue weighted by Crippen LogP contribution is 2.26. The van der Waals surface area contributed by atoms with Crippen LogP contribution in [-0.4, -0.2) is 19.9 Å². The second-order valence-electron chi connectivity index (χ2n) is 6.26. The zero-order valence-electron chi connectivity index (χ0n) is 14.5. The lowest BCUT2D eigenvalue weighted by Crippen LogP contribution is -2.11. The molecule has 1 N–H and O–H groups in total. The molecule has 0 aliphatic carbocycles. The number of anilines is 1. The monoisotopic (exact) mass is 329 g/mol. The number of nitrogens with zero attached hydrogens (tertiary/aromatic N) is 4. The number of fused-ring (bicyclic) bond motifs is 2. The summed E-state index contributed by atoms with van der Waals surface area (Å²) in [4.78, 5) is 17.8. The van der Waals surface area contributed by atoms with Gasteiger partial charge in [-0.1, -0.05) is 18.2 Å². The molecule has 0 bridgehead atoms. The summed E-state index contributed by atoms with van der Waals surface area (Å²) in [6.07, 6.45) is 3.31. The van der Waals surface area contributed by atoms with Crippen molar-refractivity contribution in [2.75, 3.05) is 5.32 Å². The molecule has 0 spiro atoms. The van der Waals surface area contributed by atoms with Crippen molar-refractivity contribution in [1.29, 1.82) is 0 Å². The predicted octanol–water partition coefficient (Wildman–Crippen LogP) is 4.36. The van der Waals surface area contributed by atoms with Gasteiger partial charge >= 0.3 is 0 Å². The van der Waals surface area contributed by atoms with Crippen LogP contribution in [0.3, 0.4) is 0 Å². The van der Waals surface area contributed by atoms with E-state index in [9.17, 15) is 0 Å². The van der Waals surface area contributed by atoms with Crippen LogP contribution in [-0.2, 0) is 0 Å². The van der Waals surface area contributed by atoms with Crippen molar-refractivity contribution >= 4 is 27.6 Å². The molecule has 1 aromatic carbocycles. The average molecular weight is 329 g/mol. The summed E-state index contributed by atoms with van der Waals surface area (Å²) >= 11 is 0. The van der Waals surface area contributed by atoms with Crippen LogP contribution in [0, 0.1) is 13.8 Å². The predicted molar refractivity (Wildman–Crippen MR) is 101 cm³/mol. The van der Waals surface area contributed by atoms with E-state index in [1.807, 2.05) is 12.1 Å². The van der Waals surface area contributed by atoms with Gasteiger partial charge in [-0.25, -0.2) is 9.97 Å². The lowest BCUT2D eigenvalue weighted by atomic mass is 10.0. The standard InChI is InChI=1S/C20H19N5/c1-12-6-4-7-15-10-17(24-14(3)18(12)15)13(2)25-20-19-16(22-11-23-20)8-5-9-21-19/h4-11,13H,1-3H3,(H,22,23,25)/t13-/m0/s1. The molecule has 5 heteroatoms. The number of aromatic nitrogens is 4. The molecule has 0 amide bonds. The van der Waals surface area contributed by atoms with Gasteiger partial charge in [0.25, 0.3) is 0 Å². The molecule has 4 aromatic rings. The van der Waals surface area contributed by atoms with Gasteiger partial charge in [0.15, 0.2) is 5.82 Å². The molecule has 3 aromatic heterocycles. The van der Waals surface area contributed by atoms with Crippen molar-refractivity contribution < 1.29 is 0 Å². The highest BCUT2D eigenvalue weighted by atomic mass is 15.1. The first kappa shape index (κ1) is 15.4. The van der Waals surface area contributed by atoms with E-state index in [1.165, 1.54) is 16.3 Å². The largest absolute Gasteiger partial charge is 0.360 e. The van der Waals surface area contributed by atoms with E-state index in [-0.39, 0.29) is 6.04 Å². The summed E-state index contributed by atoms with van der Waals surface area (Å²) < 4.78 is 0. The van der Waals surface area contributed by atoms with Gasteiger partial charge in [-0.05, 0) is 49.9 Å². The number of aryl methyl sites for hydroxylation is 2. The summed E-state index contributed by atoms with van der Waals surface area (Å²) in [5.41, 5.74) is 4.87. The van der Waals surface area contributed by atoms with Gasteiger partial charge in [0.05, 0.1) is 17.3 Å². The molecule has 0 saturated carbocycles. The van der Waals surface area contributed by atoms with Crippen molar-refractivity contribution in [3.05, 3.63) is 65.9 Å². The molecular weight excluding hydrogens is 310 g/mol. The highest BCUT2D eigenvalue weighted by Gasteiger charge is 2.13. The van der Waals surface area contributed by atoms with Gasteiger partial charge < -0.3 is 5.32 Å². The van der Waals surface area contributed by atoms with Gasteiger partial charge in [0, 0.05) is 17.3 Å². The maximum atomic E-state index is 4.81. The fourth-order valence-corrected chi connectivity index (χ4v) is 3.25. The van der Waals surface area contributed by atoms with Crippen LogP contribution in [0.5, 0.6) is 0 Å². The molecule has 3 heterocycles. The van der Waals surface area contributed by atoms with Crippen molar-refractivity contribution in [2.45, 2.75) is 26.8 Å². The Morgan fingerprint density at radius 3 is 2.76 bits per heavy atom.